The molecule has 0 saturated carbocycles. The number of nitrogens with one attached hydrogen (secondary N) is 2. The summed E-state index contributed by atoms with van der Waals surface area (Å²) >= 11 is 1.31. The van der Waals surface area contributed by atoms with E-state index in [9.17, 15) is 14.4 Å². The Morgan fingerprint density at radius 2 is 1.87 bits per heavy atom. The molecule has 31 heavy (non-hydrogen) atoms. The van der Waals surface area contributed by atoms with E-state index in [0.29, 0.717) is 27.2 Å². The highest BCUT2D eigenvalue weighted by atomic mass is 32.1. The second kappa shape index (κ2) is 11.8. The van der Waals surface area contributed by atoms with Crippen molar-refractivity contribution in [3.63, 3.8) is 0 Å². The predicted octanol–water partition coefficient (Wildman–Crippen LogP) is 3.42. The molecule has 0 spiro atoms. The number of allylic oxidation sites excluding steroid dienone is 2. The fraction of sp³-hybridized carbons (Fsp3) is 0.522. The van der Waals surface area contributed by atoms with Crippen molar-refractivity contribution < 1.29 is 23.6 Å². The van der Waals surface area contributed by atoms with E-state index in [-0.39, 0.29) is 30.6 Å². The van der Waals surface area contributed by atoms with E-state index in [4.69, 9.17) is 4.74 Å². The molecule has 8 heteroatoms. The highest BCUT2D eigenvalue weighted by Crippen LogP contribution is 2.28. The molecule has 0 atom stereocenters. The van der Waals surface area contributed by atoms with Crippen LogP contribution in [0.4, 0.5) is 5.69 Å². The number of carbonyl (C=O) groups excluding carboxylic acids is 3. The van der Waals surface area contributed by atoms with Gasteiger partial charge in [0, 0.05) is 13.5 Å². The first kappa shape index (κ1) is 24.8. The summed E-state index contributed by atoms with van der Waals surface area (Å²) in [5.74, 6) is -0.317. The SMILES string of the molecule is C=C(/C=C\OC)CC(=O)C[N+]1(CC(=O)Nc2c(C)csc2C(=O)NC)CCCCCC1. The van der Waals surface area contributed by atoms with Crippen LogP contribution in [0.2, 0.25) is 0 Å². The van der Waals surface area contributed by atoms with Crippen molar-refractivity contribution in [2.75, 3.05) is 45.7 Å². The van der Waals surface area contributed by atoms with Gasteiger partial charge in [-0.3, -0.25) is 14.4 Å². The molecule has 1 aliphatic rings. The van der Waals surface area contributed by atoms with E-state index in [0.717, 1.165) is 44.3 Å². The molecule has 1 aromatic heterocycles. The van der Waals surface area contributed by atoms with E-state index >= 15 is 0 Å². The zero-order valence-electron chi connectivity index (χ0n) is 18.8. The number of aryl methyl sites for hydroxylation is 1. The van der Waals surface area contributed by atoms with Gasteiger partial charge in [0.2, 0.25) is 0 Å². The van der Waals surface area contributed by atoms with Gasteiger partial charge in [0.25, 0.3) is 11.8 Å². The molecule has 2 rings (SSSR count). The molecule has 170 valence electrons. The van der Waals surface area contributed by atoms with Gasteiger partial charge in [-0.05, 0) is 55.2 Å². The van der Waals surface area contributed by atoms with Crippen LogP contribution in [-0.2, 0) is 14.3 Å². The predicted molar refractivity (Wildman–Crippen MR) is 124 cm³/mol. The lowest BCUT2D eigenvalue weighted by Crippen LogP contribution is -2.55. The second-order valence-electron chi connectivity index (χ2n) is 8.18. The third kappa shape index (κ3) is 7.33. The summed E-state index contributed by atoms with van der Waals surface area (Å²) in [6.45, 7) is 7.90. The average Bonchev–Trinajstić information content (AvgIpc) is 2.93. The number of methoxy groups -OCH3 is 1. The zero-order valence-corrected chi connectivity index (χ0v) is 19.6. The molecule has 0 radical (unpaired) electrons. The number of amides is 2. The quantitative estimate of drug-likeness (QED) is 0.326. The molecule has 0 unspecified atom stereocenters. The first-order chi connectivity index (χ1) is 14.8. The minimum Gasteiger partial charge on any atom is -0.504 e. The number of likely N-dealkylation sites (tertiary alicyclic amines) is 1. The molecule has 0 aliphatic carbocycles. The molecule has 1 aliphatic heterocycles. The Morgan fingerprint density at radius 1 is 1.19 bits per heavy atom. The van der Waals surface area contributed by atoms with Crippen LogP contribution in [0.5, 0.6) is 0 Å². The Hall–Kier alpha value is -2.45. The summed E-state index contributed by atoms with van der Waals surface area (Å²) in [6, 6.07) is 0. The fourth-order valence-electron chi connectivity index (χ4n) is 4.00. The number of thiophene rings is 1. The number of ether oxygens (including phenoxy) is 1. The summed E-state index contributed by atoms with van der Waals surface area (Å²) in [7, 11) is 3.12. The van der Waals surface area contributed by atoms with Crippen LogP contribution in [0.25, 0.3) is 0 Å². The zero-order chi connectivity index (χ0) is 22.9. The molecule has 1 saturated heterocycles. The van der Waals surface area contributed by atoms with Gasteiger partial charge in [-0.25, -0.2) is 0 Å². The van der Waals surface area contributed by atoms with E-state index in [1.165, 1.54) is 17.6 Å². The highest BCUT2D eigenvalue weighted by molar-refractivity contribution is 7.13. The Balaban J connectivity index is 2.13. The van der Waals surface area contributed by atoms with E-state index < -0.39 is 0 Å². The smallest absolute Gasteiger partial charge is 0.279 e. The number of hydrogen-bond donors (Lipinski definition) is 2. The van der Waals surface area contributed by atoms with Gasteiger partial charge in [0.1, 0.15) is 11.4 Å². The lowest BCUT2D eigenvalue weighted by Gasteiger charge is -2.36. The molecule has 0 aromatic carbocycles. The molecule has 0 bridgehead atoms. The molecule has 2 heterocycles. The van der Waals surface area contributed by atoms with Crippen LogP contribution in [0.15, 0.2) is 29.9 Å². The van der Waals surface area contributed by atoms with E-state index in [1.807, 2.05) is 12.3 Å². The maximum atomic E-state index is 13.0. The lowest BCUT2D eigenvalue weighted by molar-refractivity contribution is -0.912. The van der Waals surface area contributed by atoms with Crippen molar-refractivity contribution in [3.8, 4) is 0 Å². The molecule has 2 amide bonds. The number of ketones is 1. The van der Waals surface area contributed by atoms with Crippen molar-refractivity contribution in [2.45, 2.75) is 39.0 Å². The first-order valence-corrected chi connectivity index (χ1v) is 11.5. The summed E-state index contributed by atoms with van der Waals surface area (Å²) in [5, 5.41) is 7.42. The number of Topliss-reactive ketones (excluding diaryl/α,β-unsaturated/α-hetero) is 1. The van der Waals surface area contributed by atoms with Crippen molar-refractivity contribution in [2.24, 2.45) is 0 Å². The summed E-state index contributed by atoms with van der Waals surface area (Å²) in [6.07, 6.45) is 7.65. The van der Waals surface area contributed by atoms with Crippen LogP contribution < -0.4 is 10.6 Å². The van der Waals surface area contributed by atoms with Crippen LogP contribution >= 0.6 is 11.3 Å². The number of nitrogens with zero attached hydrogens (tertiary/aromatic N) is 1. The molecular formula is C23H34N3O4S+. The monoisotopic (exact) mass is 448 g/mol. The van der Waals surface area contributed by atoms with E-state index in [2.05, 4.69) is 17.2 Å². The van der Waals surface area contributed by atoms with Crippen LogP contribution in [-0.4, -0.2) is 62.4 Å². The summed E-state index contributed by atoms with van der Waals surface area (Å²) in [4.78, 5) is 38.5. The molecule has 7 nitrogen and oxygen atoms in total. The summed E-state index contributed by atoms with van der Waals surface area (Å²) < 4.78 is 5.34. The largest absolute Gasteiger partial charge is 0.504 e. The van der Waals surface area contributed by atoms with Crippen LogP contribution in [0, 0.1) is 6.92 Å². The van der Waals surface area contributed by atoms with Crippen molar-refractivity contribution in [1.82, 2.24) is 5.32 Å². The molecule has 2 N–H and O–H groups in total. The Labute approximate surface area is 188 Å². The topological polar surface area (TPSA) is 84.5 Å². The number of quaternary nitrogens is 1. The van der Waals surface area contributed by atoms with Crippen molar-refractivity contribution in [1.29, 1.82) is 0 Å². The standard InChI is InChI=1S/C23H33N3O4S/c1-17(9-12-30-4)13-19(27)14-26(10-7-5-6-8-11-26)15-20(28)25-21-18(2)16-31-22(21)23(29)24-3/h9,12,16H,1,5-8,10-11,13-15H2,2-4H3,(H-,24,25,28,29)/p+1/b12-9-. The maximum absolute atomic E-state index is 13.0. The maximum Gasteiger partial charge on any atom is 0.279 e. The minimum atomic E-state index is -0.218. The third-order valence-electron chi connectivity index (χ3n) is 5.54. The second-order valence-corrected chi connectivity index (χ2v) is 9.06. The van der Waals surface area contributed by atoms with Gasteiger partial charge in [0.15, 0.2) is 12.3 Å². The van der Waals surface area contributed by atoms with Crippen molar-refractivity contribution in [3.05, 3.63) is 40.3 Å². The Bertz CT molecular complexity index is 836. The van der Waals surface area contributed by atoms with Gasteiger partial charge < -0.3 is 19.9 Å². The Kier molecular flexibility index (Phi) is 9.45. The molecular weight excluding hydrogens is 414 g/mol. The number of hydrogen-bond acceptors (Lipinski definition) is 5. The minimum absolute atomic E-state index is 0.0678. The third-order valence-corrected chi connectivity index (χ3v) is 6.64. The Morgan fingerprint density at radius 3 is 2.48 bits per heavy atom. The normalized spacial score (nSPS) is 15.8. The molecule has 1 fully saturated rings. The van der Waals surface area contributed by atoms with Crippen LogP contribution in [0.3, 0.4) is 0 Å². The highest BCUT2D eigenvalue weighted by Gasteiger charge is 2.34. The van der Waals surface area contributed by atoms with Gasteiger partial charge in [0.05, 0.1) is 32.1 Å². The van der Waals surface area contributed by atoms with Gasteiger partial charge >= 0.3 is 0 Å². The number of rotatable bonds is 10. The number of anilines is 1. The average molecular weight is 449 g/mol. The van der Waals surface area contributed by atoms with E-state index in [1.54, 1.807) is 20.2 Å². The van der Waals surface area contributed by atoms with Gasteiger partial charge in [-0.2, -0.15) is 0 Å². The lowest BCUT2D eigenvalue weighted by atomic mass is 10.1. The van der Waals surface area contributed by atoms with Crippen LogP contribution in [0.1, 0.15) is 47.3 Å². The first-order valence-electron chi connectivity index (χ1n) is 10.6. The van der Waals surface area contributed by atoms with Gasteiger partial charge in [-0.1, -0.05) is 6.58 Å². The number of carbonyl (C=O) groups is 3. The fourth-order valence-corrected chi connectivity index (χ4v) is 4.95. The van der Waals surface area contributed by atoms with Gasteiger partial charge in [-0.15, -0.1) is 11.3 Å². The van der Waals surface area contributed by atoms with Crippen molar-refractivity contribution >= 4 is 34.6 Å². The molecule has 1 aromatic rings. The summed E-state index contributed by atoms with van der Waals surface area (Å²) in [5.41, 5.74) is 2.11.